The second-order valence-corrected chi connectivity index (χ2v) is 10.3. The zero-order valence-electron chi connectivity index (χ0n) is 20.1. The van der Waals surface area contributed by atoms with Crippen molar-refractivity contribution in [3.8, 4) is 0 Å². The molecule has 2 aromatic rings. The normalized spacial score (nSPS) is 25.0. The predicted molar refractivity (Wildman–Crippen MR) is 136 cm³/mol. The number of piperidine rings is 1. The van der Waals surface area contributed by atoms with E-state index in [9.17, 15) is 14.4 Å². The largest absolute Gasteiger partial charge is 0.339 e. The third-order valence-corrected chi connectivity index (χ3v) is 8.04. The first-order valence-corrected chi connectivity index (χ1v) is 13.2. The fourth-order valence-electron chi connectivity index (χ4n) is 5.41. The van der Waals surface area contributed by atoms with Gasteiger partial charge in [-0.3, -0.25) is 14.4 Å². The first kappa shape index (κ1) is 23.8. The highest BCUT2D eigenvalue weighted by Crippen LogP contribution is 2.32. The van der Waals surface area contributed by atoms with Crippen LogP contribution in [0.1, 0.15) is 10.4 Å². The summed E-state index contributed by atoms with van der Waals surface area (Å²) in [5.41, 5.74) is 4.86. The molecule has 3 amide bonds. The summed E-state index contributed by atoms with van der Waals surface area (Å²) >= 11 is 1.56. The maximum absolute atomic E-state index is 13.7. The molecular formula is C26H31N5O3S. The Morgan fingerprint density at radius 1 is 0.914 bits per heavy atom. The SMILES string of the molecule is CSc1ccccc1C(=O)N1CCN(C(=O)C2CN(C)CC3C(=O)N(c4ccccc4)NC23)CC1. The number of hydrogen-bond donors (Lipinski definition) is 1. The third-order valence-electron chi connectivity index (χ3n) is 7.25. The molecule has 3 aliphatic rings. The van der Waals surface area contributed by atoms with Crippen molar-refractivity contribution in [2.75, 3.05) is 57.6 Å². The lowest BCUT2D eigenvalue weighted by molar-refractivity contribution is -0.140. The Bertz CT molecular complexity index is 1110. The Balaban J connectivity index is 1.26. The molecule has 0 spiro atoms. The van der Waals surface area contributed by atoms with E-state index in [2.05, 4.69) is 10.3 Å². The van der Waals surface area contributed by atoms with Crippen molar-refractivity contribution in [3.63, 3.8) is 0 Å². The Morgan fingerprint density at radius 3 is 2.29 bits per heavy atom. The second kappa shape index (κ2) is 10.0. The first-order chi connectivity index (χ1) is 17.0. The number of likely N-dealkylation sites (tertiary alicyclic amines) is 1. The fraction of sp³-hybridized carbons (Fsp3) is 0.423. The third kappa shape index (κ3) is 4.55. The number of nitrogens with one attached hydrogen (secondary N) is 1. The minimum Gasteiger partial charge on any atom is -0.339 e. The van der Waals surface area contributed by atoms with Crippen molar-refractivity contribution >= 4 is 35.2 Å². The van der Waals surface area contributed by atoms with Gasteiger partial charge in [-0.15, -0.1) is 11.8 Å². The van der Waals surface area contributed by atoms with E-state index in [-0.39, 0.29) is 35.6 Å². The fourth-order valence-corrected chi connectivity index (χ4v) is 6.00. The van der Waals surface area contributed by atoms with Crippen LogP contribution >= 0.6 is 11.8 Å². The average Bonchev–Trinajstić information content (AvgIpc) is 3.24. The van der Waals surface area contributed by atoms with Gasteiger partial charge in [0.1, 0.15) is 0 Å². The number of hydrazine groups is 1. The van der Waals surface area contributed by atoms with Gasteiger partial charge in [0.05, 0.1) is 29.1 Å². The van der Waals surface area contributed by atoms with Gasteiger partial charge in [-0.05, 0) is 37.6 Å². The summed E-state index contributed by atoms with van der Waals surface area (Å²) in [4.78, 5) is 46.7. The molecule has 0 bridgehead atoms. The maximum Gasteiger partial charge on any atom is 0.255 e. The molecule has 184 valence electrons. The quantitative estimate of drug-likeness (QED) is 0.655. The molecule has 3 atom stereocenters. The lowest BCUT2D eigenvalue weighted by atomic mass is 9.84. The number of thioether (sulfide) groups is 1. The number of para-hydroxylation sites is 1. The molecule has 0 saturated carbocycles. The number of carbonyl (C=O) groups is 3. The molecule has 2 aromatic carbocycles. The molecule has 35 heavy (non-hydrogen) atoms. The standard InChI is InChI=1S/C26H31N5O3S/c1-28-16-20(23-21(17-28)26(34)31(27-23)18-8-4-3-5-9-18)25(33)30-14-12-29(13-15-30)24(32)19-10-6-7-11-22(19)35-2/h3-11,20-21,23,27H,12-17H2,1-2H3. The number of rotatable bonds is 4. The summed E-state index contributed by atoms with van der Waals surface area (Å²) in [5.74, 6) is -0.516. The van der Waals surface area contributed by atoms with Crippen molar-refractivity contribution in [1.82, 2.24) is 20.1 Å². The Kier molecular flexibility index (Phi) is 6.82. The van der Waals surface area contributed by atoms with Crippen molar-refractivity contribution in [2.24, 2.45) is 11.8 Å². The minimum atomic E-state index is -0.323. The molecule has 9 heteroatoms. The van der Waals surface area contributed by atoms with Gasteiger partial charge in [0.25, 0.3) is 5.91 Å². The molecule has 0 aromatic heterocycles. The lowest BCUT2D eigenvalue weighted by Gasteiger charge is -2.41. The molecule has 3 fully saturated rings. The summed E-state index contributed by atoms with van der Waals surface area (Å²) in [5, 5.41) is 1.61. The van der Waals surface area contributed by atoms with Crippen LogP contribution < -0.4 is 10.4 Å². The predicted octanol–water partition coefficient (Wildman–Crippen LogP) is 1.79. The number of nitrogens with zero attached hydrogens (tertiary/aromatic N) is 4. The Hall–Kier alpha value is -2.88. The molecule has 5 rings (SSSR count). The van der Waals surface area contributed by atoms with E-state index in [0.717, 1.165) is 10.6 Å². The van der Waals surface area contributed by atoms with E-state index in [1.165, 1.54) is 0 Å². The van der Waals surface area contributed by atoms with Crippen molar-refractivity contribution < 1.29 is 14.4 Å². The molecule has 3 aliphatic heterocycles. The van der Waals surface area contributed by atoms with Gasteiger partial charge in [-0.25, -0.2) is 10.4 Å². The van der Waals surface area contributed by atoms with E-state index in [1.807, 2.05) is 77.7 Å². The van der Waals surface area contributed by atoms with Gasteiger partial charge in [0, 0.05) is 44.2 Å². The highest BCUT2D eigenvalue weighted by molar-refractivity contribution is 7.98. The topological polar surface area (TPSA) is 76.2 Å². The summed E-state index contributed by atoms with van der Waals surface area (Å²) in [6.45, 7) is 3.24. The monoisotopic (exact) mass is 493 g/mol. The maximum atomic E-state index is 13.7. The smallest absolute Gasteiger partial charge is 0.255 e. The minimum absolute atomic E-state index is 0.00780. The highest BCUT2D eigenvalue weighted by Gasteiger charge is 2.51. The van der Waals surface area contributed by atoms with Crippen LogP contribution in [0.25, 0.3) is 0 Å². The van der Waals surface area contributed by atoms with Gasteiger partial charge >= 0.3 is 0 Å². The number of amides is 3. The van der Waals surface area contributed by atoms with Crippen LogP contribution in [-0.2, 0) is 9.59 Å². The van der Waals surface area contributed by atoms with Crippen molar-refractivity contribution in [3.05, 3.63) is 60.2 Å². The van der Waals surface area contributed by atoms with Crippen LogP contribution in [0.4, 0.5) is 5.69 Å². The molecule has 0 aliphatic carbocycles. The summed E-state index contributed by atoms with van der Waals surface area (Å²) < 4.78 is 0. The molecule has 3 heterocycles. The van der Waals surface area contributed by atoms with Gasteiger partial charge in [0.2, 0.25) is 11.8 Å². The first-order valence-electron chi connectivity index (χ1n) is 12.0. The average molecular weight is 494 g/mol. The lowest BCUT2D eigenvalue weighted by Crippen LogP contribution is -2.59. The van der Waals surface area contributed by atoms with Gasteiger partial charge in [-0.1, -0.05) is 30.3 Å². The Labute approximate surface area is 210 Å². The van der Waals surface area contributed by atoms with Gasteiger partial charge in [0.15, 0.2) is 0 Å². The van der Waals surface area contributed by atoms with Gasteiger partial charge in [-0.2, -0.15) is 0 Å². The number of carbonyl (C=O) groups excluding carboxylic acids is 3. The zero-order valence-corrected chi connectivity index (χ0v) is 20.9. The zero-order chi connectivity index (χ0) is 24.5. The molecule has 8 nitrogen and oxygen atoms in total. The molecule has 1 N–H and O–H groups in total. The second-order valence-electron chi connectivity index (χ2n) is 9.42. The van der Waals surface area contributed by atoms with E-state index >= 15 is 0 Å². The van der Waals surface area contributed by atoms with E-state index in [0.29, 0.717) is 44.8 Å². The molecule has 3 unspecified atom stereocenters. The molecule has 0 radical (unpaired) electrons. The summed E-state index contributed by atoms with van der Waals surface area (Å²) in [6.07, 6.45) is 1.97. The van der Waals surface area contributed by atoms with Crippen LogP contribution in [0.3, 0.4) is 0 Å². The number of fused-ring (bicyclic) bond motifs is 1. The van der Waals surface area contributed by atoms with Gasteiger partial charge < -0.3 is 14.7 Å². The van der Waals surface area contributed by atoms with E-state index < -0.39 is 0 Å². The number of hydrogen-bond acceptors (Lipinski definition) is 6. The van der Waals surface area contributed by atoms with E-state index in [4.69, 9.17) is 0 Å². The number of benzene rings is 2. The van der Waals surface area contributed by atoms with Crippen LogP contribution in [0.2, 0.25) is 0 Å². The van der Waals surface area contributed by atoms with Crippen LogP contribution in [0.15, 0.2) is 59.5 Å². The number of anilines is 1. The molecular weight excluding hydrogens is 462 g/mol. The van der Waals surface area contributed by atoms with Crippen molar-refractivity contribution in [1.29, 1.82) is 0 Å². The van der Waals surface area contributed by atoms with E-state index in [1.54, 1.807) is 16.8 Å². The Morgan fingerprint density at radius 2 is 1.57 bits per heavy atom. The van der Waals surface area contributed by atoms with Crippen LogP contribution in [0.5, 0.6) is 0 Å². The number of piperazine rings is 1. The molecule has 3 saturated heterocycles. The highest BCUT2D eigenvalue weighted by atomic mass is 32.2. The summed E-state index contributed by atoms with van der Waals surface area (Å²) in [6, 6.07) is 16.9. The van der Waals surface area contributed by atoms with Crippen LogP contribution in [-0.4, -0.2) is 91.0 Å². The summed E-state index contributed by atoms with van der Waals surface area (Å²) in [7, 11) is 1.97. The van der Waals surface area contributed by atoms with Crippen LogP contribution in [0, 0.1) is 11.8 Å². The van der Waals surface area contributed by atoms with Crippen molar-refractivity contribution in [2.45, 2.75) is 10.9 Å².